The van der Waals surface area contributed by atoms with Crippen LogP contribution in [0, 0.1) is 28.6 Å². The molecule has 1 heterocycles. The van der Waals surface area contributed by atoms with Gasteiger partial charge in [0.15, 0.2) is 25.5 Å². The molecule has 0 radical (unpaired) electrons. The number of carbonyl (C=O) groups excluding carboxylic acids is 2. The summed E-state index contributed by atoms with van der Waals surface area (Å²) < 4.78 is 18.5. The first-order valence-electron chi connectivity index (χ1n) is 11.8. The fourth-order valence-electron chi connectivity index (χ4n) is 6.75. The fourth-order valence-corrected chi connectivity index (χ4v) is 8.16. The molecular formula is C25H40O5Si. The van der Waals surface area contributed by atoms with Crippen molar-refractivity contribution in [3.05, 3.63) is 11.8 Å². The Morgan fingerprint density at radius 1 is 1.10 bits per heavy atom. The van der Waals surface area contributed by atoms with Crippen LogP contribution in [0.15, 0.2) is 11.8 Å². The van der Waals surface area contributed by atoms with E-state index in [-0.39, 0.29) is 46.6 Å². The number of rotatable bonds is 3. The highest BCUT2D eigenvalue weighted by atomic mass is 28.4. The first kappa shape index (κ1) is 23.2. The Morgan fingerprint density at radius 3 is 2.26 bits per heavy atom. The zero-order valence-corrected chi connectivity index (χ0v) is 21.9. The van der Waals surface area contributed by atoms with Gasteiger partial charge < -0.3 is 13.9 Å². The summed E-state index contributed by atoms with van der Waals surface area (Å²) in [6.45, 7) is 19.4. The maximum absolute atomic E-state index is 14.0. The zero-order chi connectivity index (χ0) is 23.4. The van der Waals surface area contributed by atoms with Crippen LogP contribution in [0.5, 0.6) is 0 Å². The van der Waals surface area contributed by atoms with E-state index in [1.165, 1.54) is 0 Å². The van der Waals surface area contributed by atoms with Gasteiger partial charge >= 0.3 is 0 Å². The van der Waals surface area contributed by atoms with Gasteiger partial charge in [0.1, 0.15) is 0 Å². The summed E-state index contributed by atoms with van der Waals surface area (Å²) in [4.78, 5) is 27.7. The molecule has 3 aliphatic carbocycles. The molecular weight excluding hydrogens is 408 g/mol. The molecule has 2 saturated carbocycles. The van der Waals surface area contributed by atoms with Crippen molar-refractivity contribution in [2.24, 2.45) is 28.6 Å². The topological polar surface area (TPSA) is 65.1 Å². The predicted molar refractivity (Wildman–Crippen MR) is 122 cm³/mol. The molecule has 5 nitrogen and oxygen atoms in total. The van der Waals surface area contributed by atoms with E-state index in [4.69, 9.17) is 13.9 Å². The van der Waals surface area contributed by atoms with Crippen molar-refractivity contribution < 1.29 is 23.5 Å². The average molecular weight is 449 g/mol. The van der Waals surface area contributed by atoms with Crippen LogP contribution in [0.1, 0.15) is 61.3 Å². The monoisotopic (exact) mass is 448 g/mol. The molecule has 0 N–H and O–H groups in total. The Balaban J connectivity index is 1.85. The van der Waals surface area contributed by atoms with Crippen LogP contribution in [-0.4, -0.2) is 44.8 Å². The first-order valence-corrected chi connectivity index (χ1v) is 14.7. The smallest absolute Gasteiger partial charge is 0.203 e. The quantitative estimate of drug-likeness (QED) is 0.454. The van der Waals surface area contributed by atoms with Crippen molar-refractivity contribution in [1.82, 2.24) is 0 Å². The predicted octanol–water partition coefficient (Wildman–Crippen LogP) is 4.90. The van der Waals surface area contributed by atoms with Gasteiger partial charge in [-0.3, -0.25) is 9.59 Å². The Hall–Kier alpha value is -0.983. The molecule has 0 aromatic carbocycles. The molecule has 4 rings (SSSR count). The lowest BCUT2D eigenvalue weighted by molar-refractivity contribution is -0.181. The van der Waals surface area contributed by atoms with E-state index >= 15 is 0 Å². The van der Waals surface area contributed by atoms with E-state index in [0.717, 1.165) is 6.42 Å². The fraction of sp³-hybridized carbons (Fsp3) is 0.840. The van der Waals surface area contributed by atoms with Gasteiger partial charge in [-0.2, -0.15) is 0 Å². The maximum Gasteiger partial charge on any atom is 0.203 e. The third kappa shape index (κ3) is 2.86. The minimum atomic E-state index is -2.14. The van der Waals surface area contributed by atoms with Crippen molar-refractivity contribution in [3.8, 4) is 0 Å². The number of hydrogen-bond donors (Lipinski definition) is 0. The molecule has 174 valence electrons. The number of ether oxygens (including phenoxy) is 2. The van der Waals surface area contributed by atoms with Crippen LogP contribution >= 0.6 is 0 Å². The number of fused-ring (bicyclic) bond motifs is 4. The van der Waals surface area contributed by atoms with Crippen molar-refractivity contribution in [2.45, 2.75) is 97.2 Å². The van der Waals surface area contributed by atoms with Crippen LogP contribution < -0.4 is 0 Å². The zero-order valence-electron chi connectivity index (χ0n) is 20.9. The Bertz CT molecular complexity index is 856. The Morgan fingerprint density at radius 2 is 1.71 bits per heavy atom. The molecule has 0 bridgehead atoms. The summed E-state index contributed by atoms with van der Waals surface area (Å²) >= 11 is 0. The van der Waals surface area contributed by atoms with Crippen LogP contribution in [0.4, 0.5) is 0 Å². The van der Waals surface area contributed by atoms with Crippen molar-refractivity contribution in [2.75, 3.05) is 7.11 Å². The summed E-state index contributed by atoms with van der Waals surface area (Å²) in [5, 5.41) is 0.0387. The maximum atomic E-state index is 14.0. The van der Waals surface area contributed by atoms with Gasteiger partial charge in [-0.05, 0) is 68.7 Å². The molecule has 3 fully saturated rings. The van der Waals surface area contributed by atoms with Crippen molar-refractivity contribution in [1.29, 1.82) is 0 Å². The minimum Gasteiger partial charge on any atom is -0.493 e. The molecule has 6 heteroatoms. The summed E-state index contributed by atoms with van der Waals surface area (Å²) in [5.74, 6) is 0.764. The highest BCUT2D eigenvalue weighted by molar-refractivity contribution is 6.74. The third-order valence-corrected chi connectivity index (χ3v) is 14.4. The lowest BCUT2D eigenvalue weighted by atomic mass is 9.42. The average Bonchev–Trinajstić information content (AvgIpc) is 3.33. The Labute approximate surface area is 188 Å². The summed E-state index contributed by atoms with van der Waals surface area (Å²) in [5.41, 5.74) is -2.15. The molecule has 8 atom stereocenters. The second-order valence-electron chi connectivity index (χ2n) is 12.5. The molecule has 0 aromatic heterocycles. The minimum absolute atomic E-state index is 0.0387. The van der Waals surface area contributed by atoms with Gasteiger partial charge in [-0.15, -0.1) is 0 Å². The molecule has 0 spiro atoms. The highest BCUT2D eigenvalue weighted by Gasteiger charge is 2.76. The number of methoxy groups -OCH3 is 1. The van der Waals surface area contributed by atoms with Crippen molar-refractivity contribution in [3.63, 3.8) is 0 Å². The normalized spacial score (nSPS) is 47.2. The number of allylic oxidation sites excluding steroid dienone is 2. The van der Waals surface area contributed by atoms with Crippen molar-refractivity contribution >= 4 is 19.9 Å². The molecule has 4 aliphatic rings. The van der Waals surface area contributed by atoms with Crippen LogP contribution in [-0.2, 0) is 23.5 Å². The molecule has 1 aliphatic heterocycles. The number of carbonyl (C=O) groups is 2. The van der Waals surface area contributed by atoms with Gasteiger partial charge in [-0.1, -0.05) is 34.6 Å². The molecule has 0 aromatic rings. The SMILES string of the molecule is COC1=C[C@@H](C)[C@@H]2C[C@@H](O[Si](C)(C)C(C)(C)C)[C@@]3(C)C(=O)[C@@]4(C)O[C@H]4C[C@@H]3[C@@]2(C)C1=O. The van der Waals surface area contributed by atoms with E-state index in [9.17, 15) is 9.59 Å². The first-order chi connectivity index (χ1) is 14.0. The standard InChI is InChI=1S/C25H40O5Si/c1-14-11-16(28-8)20(26)23(5)15(14)12-18(30-31(9,10)22(2,3)4)24(6)17(23)13-19-25(7,29-19)21(24)27/h11,14-15,17-19H,12-13H2,1-10H3/t14-,15+,17-,18-,19+,23+,24+,25+/m1/s1. The van der Waals surface area contributed by atoms with E-state index in [1.54, 1.807) is 7.11 Å². The van der Waals surface area contributed by atoms with Crippen LogP contribution in [0.25, 0.3) is 0 Å². The number of epoxide rings is 1. The van der Waals surface area contributed by atoms with Gasteiger partial charge in [0, 0.05) is 5.41 Å². The molecule has 1 saturated heterocycles. The van der Waals surface area contributed by atoms with E-state index in [1.807, 2.05) is 13.0 Å². The Kier molecular flexibility index (Phi) is 4.89. The van der Waals surface area contributed by atoms with E-state index in [2.05, 4.69) is 54.6 Å². The van der Waals surface area contributed by atoms with Gasteiger partial charge in [0.2, 0.25) is 5.78 Å². The van der Waals surface area contributed by atoms with Crippen LogP contribution in [0.2, 0.25) is 18.1 Å². The number of hydrogen-bond acceptors (Lipinski definition) is 5. The van der Waals surface area contributed by atoms with E-state index < -0.39 is 24.7 Å². The highest BCUT2D eigenvalue weighted by Crippen LogP contribution is 2.68. The largest absolute Gasteiger partial charge is 0.493 e. The lowest BCUT2D eigenvalue weighted by Gasteiger charge is -2.62. The van der Waals surface area contributed by atoms with Gasteiger partial charge in [0.05, 0.1) is 24.7 Å². The number of ketones is 2. The lowest BCUT2D eigenvalue weighted by Crippen LogP contribution is -2.69. The summed E-state index contributed by atoms with van der Waals surface area (Å²) in [6.07, 6.45) is 3.10. The van der Waals surface area contributed by atoms with E-state index in [0.29, 0.717) is 12.2 Å². The van der Waals surface area contributed by atoms with Crippen LogP contribution in [0.3, 0.4) is 0 Å². The summed E-state index contributed by atoms with van der Waals surface area (Å²) in [7, 11) is -0.568. The second kappa shape index (κ2) is 6.54. The molecule has 0 unspecified atom stereocenters. The van der Waals surface area contributed by atoms with Gasteiger partial charge in [-0.25, -0.2) is 0 Å². The number of Topliss-reactive ketones (excluding diaryl/α,β-unsaturated/α-hetero) is 2. The summed E-state index contributed by atoms with van der Waals surface area (Å²) in [6, 6.07) is 0. The molecule has 31 heavy (non-hydrogen) atoms. The third-order valence-electron chi connectivity index (χ3n) is 9.91. The van der Waals surface area contributed by atoms with Gasteiger partial charge in [0.25, 0.3) is 0 Å². The second-order valence-corrected chi connectivity index (χ2v) is 17.3. The molecule has 0 amide bonds.